The van der Waals surface area contributed by atoms with Crippen LogP contribution < -0.4 is 10.6 Å². The van der Waals surface area contributed by atoms with Gasteiger partial charge in [-0.1, -0.05) is 0 Å². The Morgan fingerprint density at radius 2 is 2.14 bits per heavy atom. The number of carbonyl (C=O) groups is 2. The molecule has 0 bridgehead atoms. The summed E-state index contributed by atoms with van der Waals surface area (Å²) in [5, 5.41) is 14.0. The number of pyridine rings is 1. The van der Waals surface area contributed by atoms with Gasteiger partial charge in [0.15, 0.2) is 0 Å². The highest BCUT2D eigenvalue weighted by molar-refractivity contribution is 5.92. The van der Waals surface area contributed by atoms with E-state index in [-0.39, 0.29) is 5.56 Å². The maximum Gasteiger partial charge on any atom is 0.337 e. The number of likely N-dealkylation sites (N-methyl/N-ethyl adjacent to an activating group) is 1. The van der Waals surface area contributed by atoms with E-state index in [9.17, 15) is 9.59 Å². The van der Waals surface area contributed by atoms with E-state index in [2.05, 4.69) is 15.6 Å². The number of hydrogen-bond acceptors (Lipinski definition) is 5. The summed E-state index contributed by atoms with van der Waals surface area (Å²) < 4.78 is 4.95. The lowest BCUT2D eigenvalue weighted by Crippen LogP contribution is -2.36. The van der Waals surface area contributed by atoms with Crippen LogP contribution in [0.15, 0.2) is 18.5 Å². The number of urea groups is 1. The van der Waals surface area contributed by atoms with Crippen molar-refractivity contribution in [1.82, 2.24) is 15.2 Å². The molecule has 1 rings (SSSR count). The molecular weight excluding hydrogens is 276 g/mol. The molecule has 0 saturated heterocycles. The van der Waals surface area contributed by atoms with Gasteiger partial charge in [-0.2, -0.15) is 0 Å². The van der Waals surface area contributed by atoms with Crippen molar-refractivity contribution < 1.29 is 19.4 Å². The fourth-order valence-corrected chi connectivity index (χ4v) is 1.52. The number of nitrogens with one attached hydrogen (secondary N) is 2. The second-order valence-corrected chi connectivity index (χ2v) is 4.44. The number of aromatic carboxylic acids is 1. The molecular formula is C13H20N4O4. The molecule has 0 atom stereocenters. The zero-order valence-electron chi connectivity index (χ0n) is 12.1. The Balaban J connectivity index is 2.33. The number of ether oxygens (including phenoxy) is 1. The van der Waals surface area contributed by atoms with Gasteiger partial charge in [0.25, 0.3) is 0 Å². The summed E-state index contributed by atoms with van der Waals surface area (Å²) in [6.07, 6.45) is 2.60. The first kappa shape index (κ1) is 16.9. The Morgan fingerprint density at radius 3 is 2.81 bits per heavy atom. The molecule has 1 aromatic rings. The summed E-state index contributed by atoms with van der Waals surface area (Å²) in [5.41, 5.74) is 0.354. The number of carboxylic acid groups (broad SMARTS) is 1. The lowest BCUT2D eigenvalue weighted by atomic mass is 10.3. The van der Waals surface area contributed by atoms with Crippen molar-refractivity contribution >= 4 is 17.7 Å². The smallest absolute Gasteiger partial charge is 0.337 e. The van der Waals surface area contributed by atoms with E-state index >= 15 is 0 Å². The predicted octanol–water partition coefficient (Wildman–Crippen LogP) is 0.480. The third kappa shape index (κ3) is 6.68. The first-order valence-electron chi connectivity index (χ1n) is 6.43. The highest BCUT2D eigenvalue weighted by Crippen LogP contribution is 2.07. The Hall–Kier alpha value is -2.19. The van der Waals surface area contributed by atoms with Crippen molar-refractivity contribution in [3.8, 4) is 0 Å². The Labute approximate surface area is 123 Å². The van der Waals surface area contributed by atoms with Gasteiger partial charge < -0.3 is 25.4 Å². The van der Waals surface area contributed by atoms with Gasteiger partial charge in [0.1, 0.15) is 0 Å². The average Bonchev–Trinajstić information content (AvgIpc) is 2.45. The van der Waals surface area contributed by atoms with Crippen LogP contribution in [0.3, 0.4) is 0 Å². The van der Waals surface area contributed by atoms with E-state index < -0.39 is 12.0 Å². The number of amides is 2. The third-order valence-electron chi connectivity index (χ3n) is 2.70. The molecule has 1 aromatic heterocycles. The van der Waals surface area contributed by atoms with Crippen LogP contribution in [0, 0.1) is 0 Å². The van der Waals surface area contributed by atoms with Gasteiger partial charge >= 0.3 is 12.0 Å². The quantitative estimate of drug-likeness (QED) is 0.644. The van der Waals surface area contributed by atoms with Gasteiger partial charge in [0, 0.05) is 32.9 Å². The van der Waals surface area contributed by atoms with Crippen LogP contribution in [0.2, 0.25) is 0 Å². The van der Waals surface area contributed by atoms with Gasteiger partial charge in [0.05, 0.1) is 24.1 Å². The van der Waals surface area contributed by atoms with Gasteiger partial charge in [-0.15, -0.1) is 0 Å². The highest BCUT2D eigenvalue weighted by Gasteiger charge is 2.07. The molecule has 21 heavy (non-hydrogen) atoms. The molecule has 0 aliphatic rings. The predicted molar refractivity (Wildman–Crippen MR) is 77.6 cm³/mol. The molecule has 0 fully saturated rings. The first-order valence-corrected chi connectivity index (χ1v) is 6.43. The molecule has 2 amide bonds. The summed E-state index contributed by atoms with van der Waals surface area (Å²) in [6, 6.07) is 0.944. The Bertz CT molecular complexity index is 481. The maximum atomic E-state index is 11.6. The zero-order valence-corrected chi connectivity index (χ0v) is 12.1. The summed E-state index contributed by atoms with van der Waals surface area (Å²) in [4.78, 5) is 28.2. The number of carboxylic acids is 1. The summed E-state index contributed by atoms with van der Waals surface area (Å²) in [6.45, 7) is 2.57. The first-order chi connectivity index (χ1) is 10.0. The molecule has 0 aliphatic carbocycles. The van der Waals surface area contributed by atoms with Gasteiger partial charge in [0.2, 0.25) is 0 Å². The van der Waals surface area contributed by atoms with Crippen molar-refractivity contribution in [2.75, 3.05) is 45.7 Å². The number of anilines is 1. The second-order valence-electron chi connectivity index (χ2n) is 4.44. The molecule has 3 N–H and O–H groups in total. The SMILES string of the molecule is COCCN(C)CCNC(=O)Nc1cncc(C(=O)O)c1. The standard InChI is InChI=1S/C13H20N4O4/c1-17(5-6-21-2)4-3-15-13(20)16-11-7-10(12(18)19)8-14-9-11/h7-9H,3-6H2,1-2H3,(H,18,19)(H2,15,16,20). The molecule has 0 radical (unpaired) electrons. The number of carbonyl (C=O) groups excluding carboxylic acids is 1. The maximum absolute atomic E-state index is 11.6. The van der Waals surface area contributed by atoms with Crippen molar-refractivity contribution in [3.05, 3.63) is 24.0 Å². The lowest BCUT2D eigenvalue weighted by molar-refractivity contribution is 0.0696. The number of methoxy groups -OCH3 is 1. The molecule has 0 saturated carbocycles. The van der Waals surface area contributed by atoms with E-state index in [4.69, 9.17) is 9.84 Å². The van der Waals surface area contributed by atoms with Crippen LogP contribution >= 0.6 is 0 Å². The van der Waals surface area contributed by atoms with Gasteiger partial charge in [-0.25, -0.2) is 9.59 Å². The van der Waals surface area contributed by atoms with E-state index in [1.165, 1.54) is 18.5 Å². The molecule has 8 nitrogen and oxygen atoms in total. The fourth-order valence-electron chi connectivity index (χ4n) is 1.52. The minimum Gasteiger partial charge on any atom is -0.478 e. The summed E-state index contributed by atoms with van der Waals surface area (Å²) >= 11 is 0. The number of rotatable bonds is 8. The largest absolute Gasteiger partial charge is 0.478 e. The topological polar surface area (TPSA) is 104 Å². The molecule has 0 aliphatic heterocycles. The summed E-state index contributed by atoms with van der Waals surface area (Å²) in [5.74, 6) is -1.09. The molecule has 116 valence electrons. The van der Waals surface area contributed by atoms with Crippen LogP contribution in [0.4, 0.5) is 10.5 Å². The normalized spacial score (nSPS) is 10.4. The number of hydrogen-bond donors (Lipinski definition) is 3. The van der Waals surface area contributed by atoms with Crippen molar-refractivity contribution in [2.45, 2.75) is 0 Å². The fraction of sp³-hybridized carbons (Fsp3) is 0.462. The molecule has 0 aromatic carbocycles. The van der Waals surface area contributed by atoms with Crippen LogP contribution in [-0.2, 0) is 4.74 Å². The molecule has 0 unspecified atom stereocenters. The van der Waals surface area contributed by atoms with E-state index in [0.717, 1.165) is 6.54 Å². The minimum atomic E-state index is -1.09. The van der Waals surface area contributed by atoms with Crippen LogP contribution in [0.25, 0.3) is 0 Å². The third-order valence-corrected chi connectivity index (χ3v) is 2.70. The van der Waals surface area contributed by atoms with Gasteiger partial charge in [-0.3, -0.25) is 4.98 Å². The van der Waals surface area contributed by atoms with E-state index in [1.807, 2.05) is 11.9 Å². The van der Waals surface area contributed by atoms with E-state index in [0.29, 0.717) is 25.4 Å². The van der Waals surface area contributed by atoms with Crippen molar-refractivity contribution in [2.24, 2.45) is 0 Å². The van der Waals surface area contributed by atoms with Crippen LogP contribution in [0.1, 0.15) is 10.4 Å². The van der Waals surface area contributed by atoms with E-state index in [1.54, 1.807) is 7.11 Å². The zero-order chi connectivity index (χ0) is 15.7. The van der Waals surface area contributed by atoms with Crippen molar-refractivity contribution in [1.29, 1.82) is 0 Å². The molecule has 0 spiro atoms. The second kappa shape index (κ2) is 8.88. The van der Waals surface area contributed by atoms with Gasteiger partial charge in [-0.05, 0) is 13.1 Å². The summed E-state index contributed by atoms with van der Waals surface area (Å²) in [7, 11) is 3.57. The monoisotopic (exact) mass is 296 g/mol. The van der Waals surface area contributed by atoms with Crippen LogP contribution in [0.5, 0.6) is 0 Å². The Kier molecular flexibility index (Phi) is 7.13. The average molecular weight is 296 g/mol. The Morgan fingerprint density at radius 1 is 1.38 bits per heavy atom. The lowest BCUT2D eigenvalue weighted by Gasteiger charge is -2.16. The molecule has 1 heterocycles. The molecule has 8 heteroatoms. The van der Waals surface area contributed by atoms with Crippen LogP contribution in [-0.4, -0.2) is 67.4 Å². The van der Waals surface area contributed by atoms with Crippen molar-refractivity contribution in [3.63, 3.8) is 0 Å². The number of aromatic nitrogens is 1. The highest BCUT2D eigenvalue weighted by atomic mass is 16.5. The number of nitrogens with zero attached hydrogens (tertiary/aromatic N) is 2. The minimum absolute atomic E-state index is 0.0205.